The van der Waals surface area contributed by atoms with E-state index in [1.165, 1.54) is 0 Å². The summed E-state index contributed by atoms with van der Waals surface area (Å²) in [6.07, 6.45) is 1.73. The molecule has 1 rings (SSSR count). The number of ether oxygens (including phenoxy) is 1. The third-order valence-electron chi connectivity index (χ3n) is 3.16. The standard InChI is InChI=1S/C14H24IN3O/c1-6-14(5,19-7-2)13-17-10(8-9(3)4)11(15)12(16)18-13/h9H,6-8H2,1-5H3,(H2,16,17,18). The van der Waals surface area contributed by atoms with Gasteiger partial charge in [0.05, 0.1) is 9.26 Å². The predicted octanol–water partition coefficient (Wildman–Crippen LogP) is 3.52. The zero-order chi connectivity index (χ0) is 14.6. The van der Waals surface area contributed by atoms with Crippen molar-refractivity contribution in [1.29, 1.82) is 0 Å². The maximum Gasteiger partial charge on any atom is 0.162 e. The molecular weight excluding hydrogens is 353 g/mol. The van der Waals surface area contributed by atoms with Gasteiger partial charge in [0.15, 0.2) is 5.82 Å². The van der Waals surface area contributed by atoms with Crippen molar-refractivity contribution in [3.8, 4) is 0 Å². The molecule has 0 aliphatic carbocycles. The van der Waals surface area contributed by atoms with Gasteiger partial charge in [0.1, 0.15) is 11.4 Å². The first kappa shape index (κ1) is 16.6. The largest absolute Gasteiger partial charge is 0.383 e. The zero-order valence-electron chi connectivity index (χ0n) is 12.5. The molecule has 1 atom stereocenters. The third-order valence-corrected chi connectivity index (χ3v) is 4.33. The number of hydrogen-bond donors (Lipinski definition) is 1. The Bertz CT molecular complexity index is 437. The van der Waals surface area contributed by atoms with Crippen LogP contribution in [0.5, 0.6) is 0 Å². The monoisotopic (exact) mass is 377 g/mol. The summed E-state index contributed by atoms with van der Waals surface area (Å²) in [5.74, 6) is 1.79. The van der Waals surface area contributed by atoms with Gasteiger partial charge in [-0.3, -0.25) is 0 Å². The summed E-state index contributed by atoms with van der Waals surface area (Å²) in [5, 5.41) is 0. The number of anilines is 1. The van der Waals surface area contributed by atoms with E-state index in [0.717, 1.165) is 22.1 Å². The molecule has 1 unspecified atom stereocenters. The van der Waals surface area contributed by atoms with Crippen molar-refractivity contribution < 1.29 is 4.74 Å². The van der Waals surface area contributed by atoms with Crippen LogP contribution in [0.15, 0.2) is 0 Å². The van der Waals surface area contributed by atoms with E-state index in [0.29, 0.717) is 24.2 Å². The van der Waals surface area contributed by atoms with Crippen LogP contribution in [-0.2, 0) is 16.8 Å². The summed E-state index contributed by atoms with van der Waals surface area (Å²) in [6.45, 7) is 11.1. The molecule has 0 saturated carbocycles. The zero-order valence-corrected chi connectivity index (χ0v) is 14.6. The maximum absolute atomic E-state index is 6.03. The molecule has 0 aliphatic heterocycles. The van der Waals surface area contributed by atoms with Gasteiger partial charge in [0.2, 0.25) is 0 Å². The normalized spacial score (nSPS) is 14.7. The highest BCUT2D eigenvalue weighted by Crippen LogP contribution is 2.29. The molecule has 0 radical (unpaired) electrons. The summed E-state index contributed by atoms with van der Waals surface area (Å²) in [6, 6.07) is 0. The Morgan fingerprint density at radius 2 is 1.95 bits per heavy atom. The smallest absolute Gasteiger partial charge is 0.162 e. The molecule has 5 heteroatoms. The molecule has 0 aromatic carbocycles. The molecule has 0 fully saturated rings. The Hall–Kier alpha value is -0.430. The molecular formula is C14H24IN3O. The quantitative estimate of drug-likeness (QED) is 0.771. The SMILES string of the molecule is CCOC(C)(CC)c1nc(N)c(I)c(CC(C)C)n1. The highest BCUT2D eigenvalue weighted by Gasteiger charge is 2.30. The summed E-state index contributed by atoms with van der Waals surface area (Å²) in [5.41, 5.74) is 6.60. The van der Waals surface area contributed by atoms with Gasteiger partial charge in [-0.15, -0.1) is 0 Å². The average molecular weight is 377 g/mol. The minimum atomic E-state index is -0.459. The number of nitrogen functional groups attached to an aromatic ring is 1. The molecule has 0 bridgehead atoms. The van der Waals surface area contributed by atoms with Crippen LogP contribution in [0.3, 0.4) is 0 Å². The van der Waals surface area contributed by atoms with Gasteiger partial charge in [-0.2, -0.15) is 0 Å². The summed E-state index contributed by atoms with van der Waals surface area (Å²) < 4.78 is 6.80. The lowest BCUT2D eigenvalue weighted by atomic mass is 10.0. The Morgan fingerprint density at radius 3 is 2.42 bits per heavy atom. The van der Waals surface area contributed by atoms with E-state index in [1.807, 2.05) is 13.8 Å². The van der Waals surface area contributed by atoms with Crippen molar-refractivity contribution in [3.05, 3.63) is 15.1 Å². The van der Waals surface area contributed by atoms with E-state index < -0.39 is 5.60 Å². The van der Waals surface area contributed by atoms with E-state index in [2.05, 4.69) is 48.3 Å². The molecule has 108 valence electrons. The highest BCUT2D eigenvalue weighted by molar-refractivity contribution is 14.1. The second-order valence-electron chi connectivity index (χ2n) is 5.31. The van der Waals surface area contributed by atoms with Gasteiger partial charge < -0.3 is 10.5 Å². The van der Waals surface area contributed by atoms with E-state index in [9.17, 15) is 0 Å². The van der Waals surface area contributed by atoms with Gasteiger partial charge >= 0.3 is 0 Å². The number of rotatable bonds is 6. The predicted molar refractivity (Wildman–Crippen MR) is 87.0 cm³/mol. The molecule has 2 N–H and O–H groups in total. The van der Waals surface area contributed by atoms with Crippen molar-refractivity contribution in [2.75, 3.05) is 12.3 Å². The first-order chi connectivity index (χ1) is 8.84. The second kappa shape index (κ2) is 6.83. The molecule has 19 heavy (non-hydrogen) atoms. The fourth-order valence-corrected chi connectivity index (χ4v) is 2.38. The fourth-order valence-electron chi connectivity index (χ4n) is 1.91. The molecule has 0 spiro atoms. The average Bonchev–Trinajstić information content (AvgIpc) is 2.34. The van der Waals surface area contributed by atoms with Crippen molar-refractivity contribution in [3.63, 3.8) is 0 Å². The number of hydrogen-bond acceptors (Lipinski definition) is 4. The van der Waals surface area contributed by atoms with Crippen molar-refractivity contribution in [1.82, 2.24) is 9.97 Å². The lowest BCUT2D eigenvalue weighted by Gasteiger charge is -2.27. The van der Waals surface area contributed by atoms with Crippen molar-refractivity contribution >= 4 is 28.4 Å². The molecule has 1 aromatic rings. The first-order valence-electron chi connectivity index (χ1n) is 6.80. The Balaban J connectivity index is 3.25. The van der Waals surface area contributed by atoms with Crippen LogP contribution in [0.1, 0.15) is 52.6 Å². The molecule has 4 nitrogen and oxygen atoms in total. The lowest BCUT2D eigenvalue weighted by molar-refractivity contribution is -0.0391. The molecule has 0 aliphatic rings. The molecule has 0 saturated heterocycles. The number of halogens is 1. The Morgan fingerprint density at radius 1 is 1.32 bits per heavy atom. The highest BCUT2D eigenvalue weighted by atomic mass is 127. The summed E-state index contributed by atoms with van der Waals surface area (Å²) >= 11 is 2.23. The van der Waals surface area contributed by atoms with Gasteiger partial charge in [0.25, 0.3) is 0 Å². The Labute approximate surface area is 129 Å². The van der Waals surface area contributed by atoms with Gasteiger partial charge in [-0.05, 0) is 55.2 Å². The van der Waals surface area contributed by atoms with Crippen molar-refractivity contribution in [2.24, 2.45) is 5.92 Å². The van der Waals surface area contributed by atoms with Crippen LogP contribution in [0.25, 0.3) is 0 Å². The van der Waals surface area contributed by atoms with Crippen LogP contribution in [0.2, 0.25) is 0 Å². The van der Waals surface area contributed by atoms with Crippen LogP contribution in [-0.4, -0.2) is 16.6 Å². The van der Waals surface area contributed by atoms with E-state index in [4.69, 9.17) is 15.5 Å². The van der Waals surface area contributed by atoms with Crippen LogP contribution < -0.4 is 5.73 Å². The van der Waals surface area contributed by atoms with Gasteiger partial charge in [-0.1, -0.05) is 20.8 Å². The summed E-state index contributed by atoms with van der Waals surface area (Å²) in [4.78, 5) is 9.15. The van der Waals surface area contributed by atoms with E-state index >= 15 is 0 Å². The second-order valence-corrected chi connectivity index (χ2v) is 6.39. The number of aromatic nitrogens is 2. The molecule has 1 heterocycles. The molecule has 0 amide bonds. The third kappa shape index (κ3) is 4.02. The fraction of sp³-hybridized carbons (Fsp3) is 0.714. The summed E-state index contributed by atoms with van der Waals surface area (Å²) in [7, 11) is 0. The minimum Gasteiger partial charge on any atom is -0.383 e. The minimum absolute atomic E-state index is 0.459. The topological polar surface area (TPSA) is 61.0 Å². The number of nitrogens with two attached hydrogens (primary N) is 1. The van der Waals surface area contributed by atoms with Crippen LogP contribution >= 0.6 is 22.6 Å². The lowest BCUT2D eigenvalue weighted by Crippen LogP contribution is -2.29. The van der Waals surface area contributed by atoms with Crippen molar-refractivity contribution in [2.45, 2.75) is 53.1 Å². The van der Waals surface area contributed by atoms with Crippen LogP contribution in [0, 0.1) is 9.49 Å². The number of nitrogens with zero attached hydrogens (tertiary/aromatic N) is 2. The maximum atomic E-state index is 6.03. The Kier molecular flexibility index (Phi) is 5.98. The van der Waals surface area contributed by atoms with E-state index in [1.54, 1.807) is 0 Å². The van der Waals surface area contributed by atoms with Gasteiger partial charge in [-0.25, -0.2) is 9.97 Å². The van der Waals surface area contributed by atoms with Gasteiger partial charge in [0, 0.05) is 6.61 Å². The first-order valence-corrected chi connectivity index (χ1v) is 7.88. The van der Waals surface area contributed by atoms with E-state index in [-0.39, 0.29) is 0 Å². The van der Waals surface area contributed by atoms with Crippen LogP contribution in [0.4, 0.5) is 5.82 Å². The molecule has 1 aromatic heterocycles.